The number of urea groups is 1. The van der Waals surface area contributed by atoms with Crippen molar-refractivity contribution in [2.45, 2.75) is 0 Å². The van der Waals surface area contributed by atoms with Crippen LogP contribution in [0.2, 0.25) is 0 Å². The van der Waals surface area contributed by atoms with Crippen molar-refractivity contribution in [1.29, 1.82) is 0 Å². The number of nitrogens with one attached hydrogen (secondary N) is 2. The van der Waals surface area contributed by atoms with Gasteiger partial charge in [-0.25, -0.2) is 9.52 Å². The van der Waals surface area contributed by atoms with Gasteiger partial charge in [0.2, 0.25) is 0 Å². The summed E-state index contributed by atoms with van der Waals surface area (Å²) in [7, 11) is -5.05. The van der Waals surface area contributed by atoms with Crippen molar-refractivity contribution in [3.63, 3.8) is 0 Å². The summed E-state index contributed by atoms with van der Waals surface area (Å²) < 4.78 is 33.5. The summed E-state index contributed by atoms with van der Waals surface area (Å²) in [6.45, 7) is 3.51. The Morgan fingerprint density at radius 1 is 1.38 bits per heavy atom. The van der Waals surface area contributed by atoms with Crippen molar-refractivity contribution in [3.05, 3.63) is 36.4 Å². The number of carbonyl (C=O) groups is 1. The molecular weight excluding hydrogens is 235 g/mol. The van der Waals surface area contributed by atoms with Gasteiger partial charge < -0.3 is 5.32 Å². The third-order valence-corrected chi connectivity index (χ3v) is 2.07. The molecule has 2 amide bonds. The van der Waals surface area contributed by atoms with Gasteiger partial charge in [-0.1, -0.05) is 34.7 Å². The first-order chi connectivity index (χ1) is 7.42. The van der Waals surface area contributed by atoms with Gasteiger partial charge in [0.1, 0.15) is 0 Å². The predicted octanol–water partition coefficient (Wildman–Crippen LogP) is 1.67. The maximum atomic E-state index is 12.1. The monoisotopic (exact) mass is 244 g/mol. The lowest BCUT2D eigenvalue weighted by Gasteiger charge is -2.07. The van der Waals surface area contributed by atoms with Gasteiger partial charge in [0.05, 0.1) is 0 Å². The molecule has 1 aromatic carbocycles. The van der Waals surface area contributed by atoms with Crippen LogP contribution in [0.3, 0.4) is 0 Å². The van der Waals surface area contributed by atoms with Crippen LogP contribution in [0.5, 0.6) is 0 Å². The van der Waals surface area contributed by atoms with Crippen LogP contribution in [-0.2, 0) is 10.4 Å². The van der Waals surface area contributed by atoms with E-state index in [0.717, 1.165) is 4.72 Å². The summed E-state index contributed by atoms with van der Waals surface area (Å²) >= 11 is 0. The van der Waals surface area contributed by atoms with Crippen LogP contribution in [0.15, 0.2) is 30.8 Å². The molecule has 0 aliphatic heterocycles. The van der Waals surface area contributed by atoms with Gasteiger partial charge in [0.25, 0.3) is 0 Å². The molecule has 0 bridgehead atoms. The lowest BCUT2D eigenvalue weighted by molar-refractivity contribution is 0.256. The molecule has 0 saturated heterocycles. The number of halogens is 1. The van der Waals surface area contributed by atoms with Crippen molar-refractivity contribution in [2.75, 3.05) is 5.32 Å². The van der Waals surface area contributed by atoms with E-state index in [9.17, 15) is 17.1 Å². The zero-order valence-corrected chi connectivity index (χ0v) is 8.92. The van der Waals surface area contributed by atoms with Crippen molar-refractivity contribution >= 4 is 28.2 Å². The molecule has 7 heteroatoms. The Hall–Kier alpha value is -1.89. The van der Waals surface area contributed by atoms with Crippen molar-refractivity contribution in [1.82, 2.24) is 4.72 Å². The quantitative estimate of drug-likeness (QED) is 0.794. The van der Waals surface area contributed by atoms with Crippen LogP contribution < -0.4 is 10.0 Å². The number of hydrogen-bond donors (Lipinski definition) is 2. The smallest absolute Gasteiger partial charge is 0.307 e. The number of anilines is 1. The zero-order chi connectivity index (χ0) is 12.2. The summed E-state index contributed by atoms with van der Waals surface area (Å²) in [4.78, 5) is 11.0. The number of para-hydroxylation sites is 1. The van der Waals surface area contributed by atoms with E-state index < -0.39 is 16.4 Å². The molecule has 86 valence electrons. The van der Waals surface area contributed by atoms with Crippen molar-refractivity contribution in [3.8, 4) is 0 Å². The number of hydrogen-bond acceptors (Lipinski definition) is 3. The lowest BCUT2D eigenvalue weighted by Crippen LogP contribution is -2.31. The SMILES string of the molecule is C=Cc1ccccc1NC(=O)NS(=O)(=O)F. The molecule has 0 aliphatic rings. The molecule has 1 rings (SSSR count). The van der Waals surface area contributed by atoms with Gasteiger partial charge in [-0.2, -0.15) is 8.42 Å². The Morgan fingerprint density at radius 2 is 2.00 bits per heavy atom. The van der Waals surface area contributed by atoms with Gasteiger partial charge in [-0.15, -0.1) is 0 Å². The second kappa shape index (κ2) is 4.75. The standard InChI is InChI=1S/C9H9FN2O3S/c1-2-7-5-3-4-6-8(7)11-9(13)12-16(10,14)15/h2-6H,1H2,(H2,11,12,13). The van der Waals surface area contributed by atoms with Crippen molar-refractivity contribution < 1.29 is 17.1 Å². The fourth-order valence-corrected chi connectivity index (χ4v) is 1.32. The lowest BCUT2D eigenvalue weighted by atomic mass is 10.2. The molecule has 0 fully saturated rings. The van der Waals surface area contributed by atoms with E-state index in [1.165, 1.54) is 12.1 Å². The predicted molar refractivity (Wildman–Crippen MR) is 58.7 cm³/mol. The zero-order valence-electron chi connectivity index (χ0n) is 8.10. The van der Waals surface area contributed by atoms with Gasteiger partial charge in [0.15, 0.2) is 0 Å². The molecule has 16 heavy (non-hydrogen) atoms. The molecule has 0 spiro atoms. The molecule has 0 heterocycles. The highest BCUT2D eigenvalue weighted by Gasteiger charge is 2.12. The van der Waals surface area contributed by atoms with E-state index in [2.05, 4.69) is 11.9 Å². The van der Waals surface area contributed by atoms with Crippen LogP contribution >= 0.6 is 0 Å². The summed E-state index contributed by atoms with van der Waals surface area (Å²) in [6, 6.07) is 5.36. The van der Waals surface area contributed by atoms with E-state index in [4.69, 9.17) is 0 Å². The third kappa shape index (κ3) is 3.70. The summed E-state index contributed by atoms with van der Waals surface area (Å²) in [6.07, 6.45) is 1.47. The first kappa shape index (κ1) is 12.2. The van der Waals surface area contributed by atoms with E-state index >= 15 is 0 Å². The van der Waals surface area contributed by atoms with E-state index in [1.54, 1.807) is 18.2 Å². The van der Waals surface area contributed by atoms with E-state index in [-0.39, 0.29) is 0 Å². The van der Waals surface area contributed by atoms with Crippen LogP contribution in [0.1, 0.15) is 5.56 Å². The molecule has 0 unspecified atom stereocenters. The Kier molecular flexibility index (Phi) is 3.62. The van der Waals surface area contributed by atoms with Gasteiger partial charge >= 0.3 is 16.4 Å². The van der Waals surface area contributed by atoms with Crippen LogP contribution in [0.4, 0.5) is 14.4 Å². The fraction of sp³-hybridized carbons (Fsp3) is 0. The highest BCUT2D eigenvalue weighted by molar-refractivity contribution is 7.84. The molecule has 1 aromatic rings. The second-order valence-electron chi connectivity index (χ2n) is 2.79. The number of amides is 2. The van der Waals surface area contributed by atoms with Crippen molar-refractivity contribution in [2.24, 2.45) is 0 Å². The molecule has 0 atom stereocenters. The maximum Gasteiger partial charge on any atom is 0.400 e. The Balaban J connectivity index is 2.81. The second-order valence-corrected chi connectivity index (χ2v) is 3.87. The summed E-state index contributed by atoms with van der Waals surface area (Å²) in [5.74, 6) is 0. The summed E-state index contributed by atoms with van der Waals surface area (Å²) in [5, 5.41) is 2.18. The van der Waals surface area contributed by atoms with E-state index in [1.807, 2.05) is 0 Å². The first-order valence-electron chi connectivity index (χ1n) is 4.17. The average Bonchev–Trinajstić information content (AvgIpc) is 2.15. The topological polar surface area (TPSA) is 75.3 Å². The Bertz CT molecular complexity index is 513. The normalized spacial score (nSPS) is 10.6. The first-order valence-corrected chi connectivity index (χ1v) is 5.55. The molecule has 0 radical (unpaired) electrons. The van der Waals surface area contributed by atoms with Crippen LogP contribution in [0.25, 0.3) is 6.08 Å². The highest BCUT2D eigenvalue weighted by atomic mass is 32.3. The van der Waals surface area contributed by atoms with Gasteiger partial charge in [0, 0.05) is 5.69 Å². The molecule has 0 saturated carbocycles. The average molecular weight is 244 g/mol. The minimum atomic E-state index is -5.05. The minimum absolute atomic E-state index is 0.332. The maximum absolute atomic E-state index is 12.1. The molecule has 5 nitrogen and oxygen atoms in total. The van der Waals surface area contributed by atoms with E-state index in [0.29, 0.717) is 11.3 Å². The van der Waals surface area contributed by atoms with Gasteiger partial charge in [-0.3, -0.25) is 0 Å². The highest BCUT2D eigenvalue weighted by Crippen LogP contribution is 2.15. The Labute approximate surface area is 92.3 Å². The molecule has 0 aliphatic carbocycles. The Morgan fingerprint density at radius 3 is 2.56 bits per heavy atom. The number of rotatable bonds is 3. The third-order valence-electron chi connectivity index (χ3n) is 1.64. The fourth-order valence-electron chi connectivity index (χ4n) is 1.05. The van der Waals surface area contributed by atoms with Gasteiger partial charge in [-0.05, 0) is 11.6 Å². The molecule has 0 aromatic heterocycles. The van der Waals surface area contributed by atoms with Crippen LogP contribution in [-0.4, -0.2) is 14.4 Å². The molecule has 2 N–H and O–H groups in total. The number of benzene rings is 1. The minimum Gasteiger partial charge on any atom is -0.307 e. The largest absolute Gasteiger partial charge is 0.400 e. The summed E-state index contributed by atoms with van der Waals surface area (Å²) in [5.41, 5.74) is 0.924. The van der Waals surface area contributed by atoms with Crippen LogP contribution in [0, 0.1) is 0 Å². The molecular formula is C9H9FN2O3S. The number of carbonyl (C=O) groups excluding carboxylic acids is 1.